The topological polar surface area (TPSA) is 73.1 Å². The van der Waals surface area contributed by atoms with Crippen LogP contribution in [0, 0.1) is 17.2 Å². The quantitative estimate of drug-likeness (QED) is 0.643. The van der Waals surface area contributed by atoms with Gasteiger partial charge in [0.2, 0.25) is 0 Å². The van der Waals surface area contributed by atoms with Gasteiger partial charge in [-0.3, -0.25) is 10.1 Å². The van der Waals surface area contributed by atoms with E-state index >= 15 is 0 Å². The van der Waals surface area contributed by atoms with E-state index < -0.39 is 23.3 Å². The van der Waals surface area contributed by atoms with Gasteiger partial charge in [-0.25, -0.2) is 0 Å². The molecule has 1 heterocycles. The van der Waals surface area contributed by atoms with Gasteiger partial charge in [-0.1, -0.05) is 74.2 Å². The molecule has 0 spiro atoms. The Labute approximate surface area is 181 Å². The van der Waals surface area contributed by atoms with Gasteiger partial charge in [0.25, 0.3) is 0 Å². The van der Waals surface area contributed by atoms with Crippen molar-refractivity contribution in [1.82, 2.24) is 5.32 Å². The van der Waals surface area contributed by atoms with Crippen LogP contribution >= 0.6 is 23.2 Å². The summed E-state index contributed by atoms with van der Waals surface area (Å²) < 4.78 is 0. The summed E-state index contributed by atoms with van der Waals surface area (Å²) in [6.45, 7) is 4.14. The monoisotopic (exact) mass is 430 g/mol. The summed E-state index contributed by atoms with van der Waals surface area (Å²) in [5.41, 5.74) is 0.430. The summed E-state index contributed by atoms with van der Waals surface area (Å²) in [7, 11) is 0. The van der Waals surface area contributed by atoms with Gasteiger partial charge in [-0.15, -0.1) is 0 Å². The van der Waals surface area contributed by atoms with Crippen LogP contribution in [0.1, 0.15) is 43.7 Å². The fourth-order valence-electron chi connectivity index (χ4n) is 4.80. The van der Waals surface area contributed by atoms with E-state index in [1.165, 1.54) is 0 Å². The lowest BCUT2D eigenvalue weighted by atomic mass is 9.62. The SMILES string of the molecule is CCC(CC)[C@@H]1N[C@@H](C(=O)O)[C@H](c2cccc(Cl)c2)[C@@]1(C#N)c1ccc(Cl)cc1. The minimum Gasteiger partial charge on any atom is -0.480 e. The zero-order valence-corrected chi connectivity index (χ0v) is 17.9. The molecule has 1 fully saturated rings. The standard InChI is InChI=1S/C23H24Cl2N2O2/c1-3-14(4-2)21-23(13-26,16-8-10-17(24)11-9-16)19(20(27-21)22(28)29)15-6-5-7-18(25)12-15/h5-12,14,19-21,27H,3-4H2,1-2H3,(H,28,29)/t19-,20+,21-,23+/m0/s1. The normalized spacial score (nSPS) is 26.4. The Morgan fingerprint density at radius 3 is 2.34 bits per heavy atom. The summed E-state index contributed by atoms with van der Waals surface area (Å²) in [5, 5.41) is 25.1. The summed E-state index contributed by atoms with van der Waals surface area (Å²) in [6, 6.07) is 15.7. The molecule has 0 aromatic heterocycles. The van der Waals surface area contributed by atoms with Gasteiger partial charge in [0.05, 0.1) is 6.07 Å². The van der Waals surface area contributed by atoms with Crippen molar-refractivity contribution in [1.29, 1.82) is 5.26 Å². The first kappa shape index (κ1) is 21.6. The van der Waals surface area contributed by atoms with E-state index in [1.807, 2.05) is 18.2 Å². The van der Waals surface area contributed by atoms with Gasteiger partial charge >= 0.3 is 5.97 Å². The lowest BCUT2D eigenvalue weighted by Gasteiger charge is -2.38. The maximum atomic E-state index is 12.3. The zero-order valence-electron chi connectivity index (χ0n) is 16.4. The van der Waals surface area contributed by atoms with Crippen LogP contribution in [0.5, 0.6) is 0 Å². The first-order valence-electron chi connectivity index (χ1n) is 9.80. The molecule has 29 heavy (non-hydrogen) atoms. The number of nitriles is 1. The van der Waals surface area contributed by atoms with E-state index in [-0.39, 0.29) is 12.0 Å². The molecule has 6 heteroatoms. The maximum absolute atomic E-state index is 12.3. The first-order valence-corrected chi connectivity index (χ1v) is 10.6. The minimum absolute atomic E-state index is 0.136. The second kappa shape index (κ2) is 8.75. The Bertz CT molecular complexity index is 921. The van der Waals surface area contributed by atoms with Gasteiger partial charge in [0, 0.05) is 22.0 Å². The Morgan fingerprint density at radius 1 is 1.17 bits per heavy atom. The molecule has 0 amide bonds. The van der Waals surface area contributed by atoms with Crippen molar-refractivity contribution >= 4 is 29.2 Å². The third-order valence-corrected chi connectivity index (χ3v) is 6.66. The number of rotatable bonds is 6. The van der Waals surface area contributed by atoms with Crippen molar-refractivity contribution < 1.29 is 9.90 Å². The number of carboxylic acids is 1. The highest BCUT2D eigenvalue weighted by Crippen LogP contribution is 2.51. The number of benzene rings is 2. The number of carbonyl (C=O) groups is 1. The predicted molar refractivity (Wildman–Crippen MR) is 115 cm³/mol. The highest BCUT2D eigenvalue weighted by atomic mass is 35.5. The van der Waals surface area contributed by atoms with Crippen LogP contribution < -0.4 is 5.32 Å². The summed E-state index contributed by atoms with van der Waals surface area (Å²) in [5.74, 6) is -1.44. The van der Waals surface area contributed by atoms with Crippen molar-refractivity contribution in [3.05, 3.63) is 69.7 Å². The number of halogens is 2. The number of aliphatic carboxylic acids is 1. The minimum atomic E-state index is -1.07. The van der Waals surface area contributed by atoms with E-state index in [2.05, 4.69) is 25.2 Å². The van der Waals surface area contributed by atoms with Crippen LogP contribution in [0.4, 0.5) is 0 Å². The third kappa shape index (κ3) is 3.75. The van der Waals surface area contributed by atoms with Crippen molar-refractivity contribution in [3.63, 3.8) is 0 Å². The van der Waals surface area contributed by atoms with Gasteiger partial charge in [0.1, 0.15) is 11.5 Å². The number of carboxylic acid groups (broad SMARTS) is 1. The Kier molecular flexibility index (Phi) is 6.53. The predicted octanol–water partition coefficient (Wildman–Crippen LogP) is 5.40. The molecule has 152 valence electrons. The summed E-state index contributed by atoms with van der Waals surface area (Å²) >= 11 is 12.3. The van der Waals surface area contributed by atoms with Crippen molar-refractivity contribution in [3.8, 4) is 6.07 Å². The number of hydrogen-bond donors (Lipinski definition) is 2. The Hall–Kier alpha value is -2.06. The number of nitrogens with zero attached hydrogens (tertiary/aromatic N) is 1. The molecule has 0 bridgehead atoms. The smallest absolute Gasteiger partial charge is 0.321 e. The van der Waals surface area contributed by atoms with Crippen LogP contribution in [0.25, 0.3) is 0 Å². The van der Waals surface area contributed by atoms with Crippen LogP contribution in [0.2, 0.25) is 10.0 Å². The Balaban J connectivity index is 2.31. The van der Waals surface area contributed by atoms with Gasteiger partial charge in [-0.2, -0.15) is 5.26 Å². The van der Waals surface area contributed by atoms with Gasteiger partial charge in [0.15, 0.2) is 0 Å². The summed E-state index contributed by atoms with van der Waals surface area (Å²) in [4.78, 5) is 12.3. The lowest BCUT2D eigenvalue weighted by molar-refractivity contribution is -0.139. The molecular weight excluding hydrogens is 407 g/mol. The highest BCUT2D eigenvalue weighted by Gasteiger charge is 2.60. The fraction of sp³-hybridized carbons (Fsp3) is 0.391. The average Bonchev–Trinajstić information content (AvgIpc) is 3.06. The molecule has 0 saturated carbocycles. The number of nitrogens with one attached hydrogen (secondary N) is 1. The average molecular weight is 431 g/mol. The van der Waals surface area contributed by atoms with E-state index in [0.29, 0.717) is 10.0 Å². The summed E-state index contributed by atoms with van der Waals surface area (Å²) in [6.07, 6.45) is 1.67. The molecule has 2 N–H and O–H groups in total. The van der Waals surface area contributed by atoms with Crippen LogP contribution in [0.3, 0.4) is 0 Å². The molecule has 0 radical (unpaired) electrons. The second-order valence-corrected chi connectivity index (χ2v) is 8.43. The van der Waals surface area contributed by atoms with E-state index in [1.54, 1.807) is 30.3 Å². The Morgan fingerprint density at radius 2 is 1.83 bits per heavy atom. The molecule has 1 aliphatic rings. The molecule has 4 atom stereocenters. The van der Waals surface area contributed by atoms with Crippen molar-refractivity contribution in [2.24, 2.45) is 5.92 Å². The molecule has 3 rings (SSSR count). The van der Waals surface area contributed by atoms with Crippen LogP contribution in [-0.4, -0.2) is 23.2 Å². The highest BCUT2D eigenvalue weighted by molar-refractivity contribution is 6.30. The molecular formula is C23H24Cl2N2O2. The largest absolute Gasteiger partial charge is 0.480 e. The number of hydrogen-bond acceptors (Lipinski definition) is 3. The third-order valence-electron chi connectivity index (χ3n) is 6.17. The van der Waals surface area contributed by atoms with Gasteiger partial charge in [-0.05, 0) is 41.3 Å². The zero-order chi connectivity index (χ0) is 21.2. The molecule has 4 nitrogen and oxygen atoms in total. The molecule has 0 unspecified atom stereocenters. The van der Waals surface area contributed by atoms with Gasteiger partial charge < -0.3 is 5.11 Å². The molecule has 0 aliphatic carbocycles. The van der Waals surface area contributed by atoms with Crippen LogP contribution in [0.15, 0.2) is 48.5 Å². The first-order chi connectivity index (χ1) is 13.9. The molecule has 1 saturated heterocycles. The van der Waals surface area contributed by atoms with E-state index in [0.717, 1.165) is 24.0 Å². The van der Waals surface area contributed by atoms with Crippen LogP contribution in [-0.2, 0) is 10.2 Å². The van der Waals surface area contributed by atoms with E-state index in [9.17, 15) is 15.2 Å². The second-order valence-electron chi connectivity index (χ2n) is 7.56. The molecule has 2 aromatic rings. The maximum Gasteiger partial charge on any atom is 0.321 e. The van der Waals surface area contributed by atoms with Crippen molar-refractivity contribution in [2.75, 3.05) is 0 Å². The fourth-order valence-corrected chi connectivity index (χ4v) is 5.13. The molecule has 1 aliphatic heterocycles. The van der Waals surface area contributed by atoms with E-state index in [4.69, 9.17) is 23.2 Å². The van der Waals surface area contributed by atoms with Crippen molar-refractivity contribution in [2.45, 2.75) is 50.1 Å². The molecule has 2 aromatic carbocycles. The lowest BCUT2D eigenvalue weighted by Crippen LogP contribution is -2.46.